The monoisotopic (exact) mass is 270 g/mol. The van der Waals surface area contributed by atoms with Gasteiger partial charge in [0.15, 0.2) is 0 Å². The number of benzene rings is 1. The van der Waals surface area contributed by atoms with Gasteiger partial charge < -0.3 is 10.6 Å². The number of hydrogen-bond donors (Lipinski definition) is 1. The standard InChI is InChI=1S/C12H15ClN2OS/c1-8-7-15(4-5-17-8)12(16)9-2-3-11(14)10(13)6-9/h2-3,6,8H,4-5,7,14H2,1H3. The van der Waals surface area contributed by atoms with Crippen LogP contribution >= 0.6 is 23.4 Å². The fraction of sp³-hybridized carbons (Fsp3) is 0.417. The molecule has 1 amide bonds. The first kappa shape index (κ1) is 12.6. The molecule has 5 heteroatoms. The Morgan fingerprint density at radius 2 is 2.35 bits per heavy atom. The van der Waals surface area contributed by atoms with Gasteiger partial charge in [0.05, 0.1) is 10.7 Å². The normalized spacial score (nSPS) is 20.4. The van der Waals surface area contributed by atoms with Crippen LogP contribution in [0.1, 0.15) is 17.3 Å². The van der Waals surface area contributed by atoms with E-state index >= 15 is 0 Å². The zero-order valence-electron chi connectivity index (χ0n) is 9.65. The molecule has 1 aliphatic heterocycles. The third-order valence-corrected chi connectivity index (χ3v) is 4.24. The summed E-state index contributed by atoms with van der Waals surface area (Å²) in [4.78, 5) is 14.1. The molecule has 17 heavy (non-hydrogen) atoms. The van der Waals surface area contributed by atoms with Crippen molar-refractivity contribution in [2.45, 2.75) is 12.2 Å². The lowest BCUT2D eigenvalue weighted by atomic mass is 10.1. The quantitative estimate of drug-likeness (QED) is 0.798. The molecule has 1 aromatic rings. The maximum Gasteiger partial charge on any atom is 0.253 e. The van der Waals surface area contributed by atoms with Gasteiger partial charge in [-0.1, -0.05) is 18.5 Å². The molecule has 0 radical (unpaired) electrons. The Balaban J connectivity index is 2.15. The SMILES string of the molecule is CC1CN(C(=O)c2ccc(N)c(Cl)c2)CCS1. The molecule has 1 unspecified atom stereocenters. The highest BCUT2D eigenvalue weighted by Gasteiger charge is 2.22. The molecule has 1 fully saturated rings. The predicted molar refractivity (Wildman–Crippen MR) is 73.7 cm³/mol. The van der Waals surface area contributed by atoms with Crippen LogP contribution in [0, 0.1) is 0 Å². The fourth-order valence-corrected chi connectivity index (χ4v) is 3.04. The number of halogens is 1. The van der Waals surface area contributed by atoms with E-state index in [2.05, 4.69) is 6.92 Å². The molecule has 0 spiro atoms. The number of rotatable bonds is 1. The Bertz CT molecular complexity index is 439. The van der Waals surface area contributed by atoms with Crippen LogP contribution in [-0.4, -0.2) is 34.9 Å². The minimum atomic E-state index is 0.0408. The van der Waals surface area contributed by atoms with Crippen LogP contribution in [0.3, 0.4) is 0 Å². The number of hydrogen-bond acceptors (Lipinski definition) is 3. The van der Waals surface area contributed by atoms with Crippen molar-refractivity contribution in [2.75, 3.05) is 24.6 Å². The Morgan fingerprint density at radius 1 is 1.59 bits per heavy atom. The molecule has 0 aromatic heterocycles. The number of amides is 1. The van der Waals surface area contributed by atoms with Crippen molar-refractivity contribution in [2.24, 2.45) is 0 Å². The first-order valence-electron chi connectivity index (χ1n) is 5.54. The lowest BCUT2D eigenvalue weighted by molar-refractivity contribution is 0.0763. The Morgan fingerprint density at radius 3 is 3.00 bits per heavy atom. The summed E-state index contributed by atoms with van der Waals surface area (Å²) in [7, 11) is 0. The molecule has 1 saturated heterocycles. The van der Waals surface area contributed by atoms with Crippen molar-refractivity contribution in [1.82, 2.24) is 4.90 Å². The van der Waals surface area contributed by atoms with E-state index in [1.165, 1.54) is 0 Å². The van der Waals surface area contributed by atoms with Gasteiger partial charge in [-0.3, -0.25) is 4.79 Å². The van der Waals surface area contributed by atoms with E-state index in [0.29, 0.717) is 21.5 Å². The highest BCUT2D eigenvalue weighted by Crippen LogP contribution is 2.23. The molecule has 0 aliphatic carbocycles. The van der Waals surface area contributed by atoms with Crippen molar-refractivity contribution in [3.05, 3.63) is 28.8 Å². The molecule has 1 atom stereocenters. The summed E-state index contributed by atoms with van der Waals surface area (Å²) < 4.78 is 0. The van der Waals surface area contributed by atoms with Crippen LogP contribution in [-0.2, 0) is 0 Å². The minimum Gasteiger partial charge on any atom is -0.398 e. The molecule has 1 aliphatic rings. The van der Waals surface area contributed by atoms with E-state index in [9.17, 15) is 4.79 Å². The molecular weight excluding hydrogens is 256 g/mol. The number of nitrogens with two attached hydrogens (primary N) is 1. The Labute approximate surface area is 110 Å². The number of thioether (sulfide) groups is 1. The molecule has 3 nitrogen and oxygen atoms in total. The van der Waals surface area contributed by atoms with E-state index in [1.807, 2.05) is 16.7 Å². The summed E-state index contributed by atoms with van der Waals surface area (Å²) in [6.07, 6.45) is 0. The lowest BCUT2D eigenvalue weighted by Gasteiger charge is -2.30. The van der Waals surface area contributed by atoms with E-state index in [1.54, 1.807) is 18.2 Å². The third kappa shape index (κ3) is 2.87. The second-order valence-corrected chi connectivity index (χ2v) is 6.12. The molecule has 1 heterocycles. The summed E-state index contributed by atoms with van der Waals surface area (Å²) in [6.45, 7) is 3.74. The average Bonchev–Trinajstić information content (AvgIpc) is 2.32. The van der Waals surface area contributed by atoms with Gasteiger partial charge in [-0.2, -0.15) is 11.8 Å². The van der Waals surface area contributed by atoms with Crippen LogP contribution in [0.25, 0.3) is 0 Å². The van der Waals surface area contributed by atoms with Gasteiger partial charge in [0.1, 0.15) is 0 Å². The number of anilines is 1. The first-order chi connectivity index (χ1) is 8.08. The maximum atomic E-state index is 12.2. The zero-order valence-corrected chi connectivity index (χ0v) is 11.2. The average molecular weight is 271 g/mol. The van der Waals surface area contributed by atoms with Gasteiger partial charge in [-0.05, 0) is 18.2 Å². The van der Waals surface area contributed by atoms with E-state index in [4.69, 9.17) is 17.3 Å². The van der Waals surface area contributed by atoms with Crippen molar-refractivity contribution in [3.8, 4) is 0 Å². The summed E-state index contributed by atoms with van der Waals surface area (Å²) in [5.74, 6) is 1.04. The zero-order chi connectivity index (χ0) is 12.4. The molecule has 92 valence electrons. The van der Waals surface area contributed by atoms with Crippen LogP contribution < -0.4 is 5.73 Å². The minimum absolute atomic E-state index is 0.0408. The van der Waals surface area contributed by atoms with Crippen LogP contribution in [0.15, 0.2) is 18.2 Å². The first-order valence-corrected chi connectivity index (χ1v) is 6.96. The number of nitrogens with zero attached hydrogens (tertiary/aromatic N) is 1. The predicted octanol–water partition coefficient (Wildman–Crippen LogP) is 2.50. The highest BCUT2D eigenvalue weighted by atomic mass is 35.5. The number of carbonyl (C=O) groups is 1. The second kappa shape index (κ2) is 5.19. The molecular formula is C12H15ClN2OS. The summed E-state index contributed by atoms with van der Waals surface area (Å²) in [5.41, 5.74) is 6.75. The van der Waals surface area contributed by atoms with E-state index in [-0.39, 0.29) is 5.91 Å². The second-order valence-electron chi connectivity index (χ2n) is 4.17. The van der Waals surface area contributed by atoms with Crippen LogP contribution in [0.5, 0.6) is 0 Å². The smallest absolute Gasteiger partial charge is 0.253 e. The fourth-order valence-electron chi connectivity index (χ4n) is 1.85. The van der Waals surface area contributed by atoms with Crippen LogP contribution in [0.2, 0.25) is 5.02 Å². The number of nitrogen functional groups attached to an aromatic ring is 1. The van der Waals surface area contributed by atoms with Gasteiger partial charge in [0, 0.05) is 29.7 Å². The van der Waals surface area contributed by atoms with Crippen LogP contribution in [0.4, 0.5) is 5.69 Å². The van der Waals surface area contributed by atoms with E-state index < -0.39 is 0 Å². The van der Waals surface area contributed by atoms with E-state index in [0.717, 1.165) is 18.8 Å². The Kier molecular flexibility index (Phi) is 3.84. The summed E-state index contributed by atoms with van der Waals surface area (Å²) in [6, 6.07) is 5.05. The van der Waals surface area contributed by atoms with Crippen molar-refractivity contribution in [3.63, 3.8) is 0 Å². The Hall–Kier alpha value is -0.870. The van der Waals surface area contributed by atoms with Gasteiger partial charge >= 0.3 is 0 Å². The molecule has 0 saturated carbocycles. The van der Waals surface area contributed by atoms with Crippen molar-refractivity contribution >= 4 is 35.0 Å². The maximum absolute atomic E-state index is 12.2. The van der Waals surface area contributed by atoms with Gasteiger partial charge in [0.2, 0.25) is 0 Å². The van der Waals surface area contributed by atoms with Crippen molar-refractivity contribution in [1.29, 1.82) is 0 Å². The van der Waals surface area contributed by atoms with Gasteiger partial charge in [0.25, 0.3) is 5.91 Å². The lowest BCUT2D eigenvalue weighted by Crippen LogP contribution is -2.41. The molecule has 2 N–H and O–H groups in total. The highest BCUT2D eigenvalue weighted by molar-refractivity contribution is 7.99. The topological polar surface area (TPSA) is 46.3 Å². The third-order valence-electron chi connectivity index (χ3n) is 2.78. The largest absolute Gasteiger partial charge is 0.398 e. The van der Waals surface area contributed by atoms with Gasteiger partial charge in [-0.25, -0.2) is 0 Å². The molecule has 0 bridgehead atoms. The molecule has 1 aromatic carbocycles. The van der Waals surface area contributed by atoms with Crippen molar-refractivity contribution < 1.29 is 4.79 Å². The summed E-state index contributed by atoms with van der Waals surface area (Å²) in [5, 5.41) is 0.937. The van der Waals surface area contributed by atoms with Gasteiger partial charge in [-0.15, -0.1) is 0 Å². The molecule has 2 rings (SSSR count). The summed E-state index contributed by atoms with van der Waals surface area (Å²) >= 11 is 7.83. The number of carbonyl (C=O) groups excluding carboxylic acids is 1.